The van der Waals surface area contributed by atoms with Crippen molar-refractivity contribution < 1.29 is 9.59 Å². The number of thiazole rings is 1. The molecular formula is C18H27N5O2S2. The Morgan fingerprint density at radius 2 is 1.96 bits per heavy atom. The van der Waals surface area contributed by atoms with E-state index < -0.39 is 0 Å². The second-order valence-electron chi connectivity index (χ2n) is 6.92. The average Bonchev–Trinajstić information content (AvgIpc) is 3.03. The molecular weight excluding hydrogens is 382 g/mol. The first-order valence-electron chi connectivity index (χ1n) is 8.88. The van der Waals surface area contributed by atoms with E-state index in [-0.39, 0.29) is 17.6 Å². The highest BCUT2D eigenvalue weighted by atomic mass is 32.2. The first-order valence-corrected chi connectivity index (χ1v) is 10.7. The Labute approximate surface area is 168 Å². The van der Waals surface area contributed by atoms with Crippen molar-refractivity contribution in [3.63, 3.8) is 0 Å². The molecule has 0 atom stereocenters. The molecule has 0 saturated heterocycles. The molecule has 7 nitrogen and oxygen atoms in total. The van der Waals surface area contributed by atoms with Gasteiger partial charge in [0.25, 0.3) is 0 Å². The Morgan fingerprint density at radius 3 is 2.59 bits per heavy atom. The number of nitrogens with two attached hydrogens (primary N) is 1. The molecule has 148 valence electrons. The molecule has 0 spiro atoms. The van der Waals surface area contributed by atoms with Crippen molar-refractivity contribution in [1.29, 1.82) is 0 Å². The standard InChI is InChI=1S/C18H27N5O2S2/c1-10(2)8-23-13(5)14(11(3)22-23)6-7-16(25)21-18-20-12(4)17(27-18)26-9-15(19)24/h10H,6-9H2,1-5H3,(H2,19,24)(H,20,21,25). The van der Waals surface area contributed by atoms with Crippen LogP contribution in [0, 0.1) is 26.7 Å². The van der Waals surface area contributed by atoms with Crippen molar-refractivity contribution in [2.45, 2.75) is 58.2 Å². The molecule has 2 heterocycles. The Hall–Kier alpha value is -1.87. The molecule has 2 aromatic rings. The third-order valence-corrected chi connectivity index (χ3v) is 6.47. The number of carbonyl (C=O) groups is 2. The first kappa shape index (κ1) is 21.4. The van der Waals surface area contributed by atoms with Crippen LogP contribution < -0.4 is 11.1 Å². The van der Waals surface area contributed by atoms with Gasteiger partial charge in [0.15, 0.2) is 5.13 Å². The molecule has 0 unspecified atom stereocenters. The molecule has 0 bridgehead atoms. The van der Waals surface area contributed by atoms with E-state index in [0.717, 1.165) is 33.4 Å². The summed E-state index contributed by atoms with van der Waals surface area (Å²) in [6.45, 7) is 11.1. The monoisotopic (exact) mass is 409 g/mol. The van der Waals surface area contributed by atoms with Crippen LogP contribution >= 0.6 is 23.1 Å². The summed E-state index contributed by atoms with van der Waals surface area (Å²) in [5.74, 6) is 0.275. The Balaban J connectivity index is 1.94. The molecule has 0 fully saturated rings. The number of aryl methyl sites for hydroxylation is 2. The molecule has 0 aromatic carbocycles. The fraction of sp³-hybridized carbons (Fsp3) is 0.556. The molecule has 9 heteroatoms. The molecule has 2 rings (SSSR count). The van der Waals surface area contributed by atoms with Gasteiger partial charge in [0, 0.05) is 18.7 Å². The van der Waals surface area contributed by atoms with E-state index in [0.29, 0.717) is 23.9 Å². The van der Waals surface area contributed by atoms with Gasteiger partial charge in [0.1, 0.15) is 0 Å². The van der Waals surface area contributed by atoms with Gasteiger partial charge in [-0.05, 0) is 38.7 Å². The molecule has 27 heavy (non-hydrogen) atoms. The second kappa shape index (κ2) is 9.36. The van der Waals surface area contributed by atoms with E-state index in [9.17, 15) is 9.59 Å². The number of carbonyl (C=O) groups excluding carboxylic acids is 2. The van der Waals surface area contributed by atoms with Gasteiger partial charge < -0.3 is 11.1 Å². The second-order valence-corrected chi connectivity index (χ2v) is 9.16. The SMILES string of the molecule is Cc1nc(NC(=O)CCc2c(C)nn(CC(C)C)c2C)sc1SCC(N)=O. The zero-order valence-corrected chi connectivity index (χ0v) is 18.1. The van der Waals surface area contributed by atoms with E-state index >= 15 is 0 Å². The minimum Gasteiger partial charge on any atom is -0.369 e. The lowest BCUT2D eigenvalue weighted by Crippen LogP contribution is -2.13. The molecule has 0 aliphatic heterocycles. The number of anilines is 1. The zero-order chi connectivity index (χ0) is 20.1. The maximum atomic E-state index is 12.3. The number of primary amides is 1. The normalized spacial score (nSPS) is 11.2. The molecule has 3 N–H and O–H groups in total. The fourth-order valence-electron chi connectivity index (χ4n) is 2.75. The van der Waals surface area contributed by atoms with E-state index in [4.69, 9.17) is 5.73 Å². The van der Waals surface area contributed by atoms with E-state index in [1.807, 2.05) is 18.5 Å². The van der Waals surface area contributed by atoms with Crippen molar-refractivity contribution in [3.05, 3.63) is 22.6 Å². The smallest absolute Gasteiger partial charge is 0.227 e. The maximum Gasteiger partial charge on any atom is 0.227 e. The van der Waals surface area contributed by atoms with Gasteiger partial charge in [0.05, 0.1) is 21.3 Å². The fourth-order valence-corrected chi connectivity index (χ4v) is 4.64. The summed E-state index contributed by atoms with van der Waals surface area (Å²) in [6, 6.07) is 0. The highest BCUT2D eigenvalue weighted by Gasteiger charge is 2.15. The van der Waals surface area contributed by atoms with Crippen molar-refractivity contribution in [2.24, 2.45) is 11.7 Å². The quantitative estimate of drug-likeness (QED) is 0.620. The summed E-state index contributed by atoms with van der Waals surface area (Å²) in [7, 11) is 0. The van der Waals surface area contributed by atoms with Gasteiger partial charge in [-0.1, -0.05) is 25.2 Å². The number of aromatic nitrogens is 3. The summed E-state index contributed by atoms with van der Waals surface area (Å²) in [5, 5.41) is 8.00. The average molecular weight is 410 g/mol. The number of hydrogen-bond acceptors (Lipinski definition) is 6. The number of hydrogen-bond donors (Lipinski definition) is 2. The minimum absolute atomic E-state index is 0.0781. The third-order valence-electron chi connectivity index (χ3n) is 4.02. The van der Waals surface area contributed by atoms with Gasteiger partial charge in [-0.3, -0.25) is 14.3 Å². The zero-order valence-electron chi connectivity index (χ0n) is 16.5. The molecule has 0 aliphatic rings. The lowest BCUT2D eigenvalue weighted by molar-refractivity contribution is -0.116. The molecule has 0 saturated carbocycles. The van der Waals surface area contributed by atoms with Crippen LogP contribution in [-0.2, 0) is 22.6 Å². The van der Waals surface area contributed by atoms with E-state index in [1.165, 1.54) is 23.1 Å². The number of nitrogens with one attached hydrogen (secondary N) is 1. The van der Waals surface area contributed by atoms with Gasteiger partial charge in [0.2, 0.25) is 11.8 Å². The van der Waals surface area contributed by atoms with Crippen molar-refractivity contribution in [3.8, 4) is 0 Å². The van der Waals surface area contributed by atoms with Gasteiger partial charge in [-0.15, -0.1) is 11.8 Å². The summed E-state index contributed by atoms with van der Waals surface area (Å²) in [4.78, 5) is 27.6. The number of amides is 2. The maximum absolute atomic E-state index is 12.3. The largest absolute Gasteiger partial charge is 0.369 e. The Bertz CT molecular complexity index is 826. The predicted molar refractivity (Wildman–Crippen MR) is 110 cm³/mol. The van der Waals surface area contributed by atoms with Crippen LogP contribution in [0.1, 0.15) is 42.9 Å². The van der Waals surface area contributed by atoms with Gasteiger partial charge in [-0.2, -0.15) is 5.10 Å². The minimum atomic E-state index is -0.373. The topological polar surface area (TPSA) is 103 Å². The number of thioether (sulfide) groups is 1. The third kappa shape index (κ3) is 6.07. The summed E-state index contributed by atoms with van der Waals surface area (Å²) in [6.07, 6.45) is 1.02. The Morgan fingerprint density at radius 1 is 1.26 bits per heavy atom. The molecule has 0 radical (unpaired) electrons. The Kier molecular flexibility index (Phi) is 7.43. The predicted octanol–water partition coefficient (Wildman–Crippen LogP) is 3.07. The van der Waals surface area contributed by atoms with Crippen LogP contribution in [0.3, 0.4) is 0 Å². The van der Waals surface area contributed by atoms with Crippen LogP contribution in [0.4, 0.5) is 5.13 Å². The molecule has 0 aliphatic carbocycles. The van der Waals surface area contributed by atoms with Crippen LogP contribution in [-0.4, -0.2) is 32.3 Å². The van der Waals surface area contributed by atoms with E-state index in [1.54, 1.807) is 0 Å². The van der Waals surface area contributed by atoms with E-state index in [2.05, 4.69) is 36.2 Å². The van der Waals surface area contributed by atoms with Crippen LogP contribution in [0.5, 0.6) is 0 Å². The van der Waals surface area contributed by atoms with Crippen LogP contribution in [0.15, 0.2) is 4.21 Å². The molecule has 2 amide bonds. The highest BCUT2D eigenvalue weighted by Crippen LogP contribution is 2.32. The van der Waals surface area contributed by atoms with Crippen LogP contribution in [0.25, 0.3) is 0 Å². The van der Waals surface area contributed by atoms with Crippen LogP contribution in [0.2, 0.25) is 0 Å². The lowest BCUT2D eigenvalue weighted by atomic mass is 10.1. The summed E-state index contributed by atoms with van der Waals surface area (Å²) < 4.78 is 2.92. The number of nitrogens with zero attached hydrogens (tertiary/aromatic N) is 3. The van der Waals surface area contributed by atoms with Crippen molar-refractivity contribution in [2.75, 3.05) is 11.1 Å². The summed E-state index contributed by atoms with van der Waals surface area (Å²) >= 11 is 2.71. The van der Waals surface area contributed by atoms with Crippen molar-refractivity contribution in [1.82, 2.24) is 14.8 Å². The summed E-state index contributed by atoms with van der Waals surface area (Å²) in [5.41, 5.74) is 9.22. The highest BCUT2D eigenvalue weighted by molar-refractivity contribution is 8.01. The van der Waals surface area contributed by atoms with Crippen molar-refractivity contribution >= 4 is 40.0 Å². The lowest BCUT2D eigenvalue weighted by Gasteiger charge is -2.08. The number of rotatable bonds is 9. The molecule has 2 aromatic heterocycles. The van der Waals surface area contributed by atoms with Gasteiger partial charge >= 0.3 is 0 Å². The first-order chi connectivity index (χ1) is 12.7. The van der Waals surface area contributed by atoms with Gasteiger partial charge in [-0.25, -0.2) is 4.98 Å².